The number of aliphatic hydroxyl groups is 1. The van der Waals surface area contributed by atoms with Gasteiger partial charge in [0.1, 0.15) is 11.8 Å². The van der Waals surface area contributed by atoms with E-state index in [4.69, 9.17) is 9.15 Å². The van der Waals surface area contributed by atoms with Crippen molar-refractivity contribution < 1.29 is 19.1 Å². The summed E-state index contributed by atoms with van der Waals surface area (Å²) >= 11 is 0. The zero-order valence-electron chi connectivity index (χ0n) is 10.8. The van der Waals surface area contributed by atoms with Crippen LogP contribution in [0.25, 0.3) is 0 Å². The molecule has 0 amide bonds. The second-order valence-electron chi connectivity index (χ2n) is 4.61. The Labute approximate surface area is 106 Å². The molecule has 1 aromatic rings. The summed E-state index contributed by atoms with van der Waals surface area (Å²) in [5.74, 6) is 1.01. The molecule has 0 aliphatic carbocycles. The van der Waals surface area contributed by atoms with Crippen LogP contribution in [0.4, 0.5) is 0 Å². The number of rotatable bonds is 3. The van der Waals surface area contributed by atoms with E-state index < -0.39 is 12.1 Å². The molecule has 2 rings (SSSR count). The first-order valence-corrected chi connectivity index (χ1v) is 5.94. The summed E-state index contributed by atoms with van der Waals surface area (Å²) in [4.78, 5) is 17.7. The summed E-state index contributed by atoms with van der Waals surface area (Å²) in [6, 6.07) is -0.419. The normalized spacial score (nSPS) is 24.4. The van der Waals surface area contributed by atoms with Crippen LogP contribution in [0.5, 0.6) is 0 Å². The minimum absolute atomic E-state index is 0.327. The standard InChI is InChI=1S/C12H18N2O4/c1-7-8(2)18-11(13-7)6-14-5-9(15)4-10(14)12(16)17-3/h9-10,15H,4-6H2,1-3H3. The molecule has 6 heteroatoms. The van der Waals surface area contributed by atoms with Crippen molar-refractivity contribution >= 4 is 5.97 Å². The summed E-state index contributed by atoms with van der Waals surface area (Å²) in [5, 5.41) is 9.65. The molecule has 1 N–H and O–H groups in total. The van der Waals surface area contributed by atoms with E-state index in [1.807, 2.05) is 18.7 Å². The predicted octanol–water partition coefficient (Wildman–Crippen LogP) is 0.400. The van der Waals surface area contributed by atoms with E-state index >= 15 is 0 Å². The van der Waals surface area contributed by atoms with Crippen molar-refractivity contribution in [3.05, 3.63) is 17.3 Å². The lowest BCUT2D eigenvalue weighted by Gasteiger charge is -2.19. The van der Waals surface area contributed by atoms with Crippen LogP contribution in [-0.2, 0) is 16.1 Å². The smallest absolute Gasteiger partial charge is 0.323 e. The van der Waals surface area contributed by atoms with Crippen LogP contribution in [0, 0.1) is 13.8 Å². The number of aromatic nitrogens is 1. The van der Waals surface area contributed by atoms with Gasteiger partial charge in [0.15, 0.2) is 0 Å². The van der Waals surface area contributed by atoms with Gasteiger partial charge in [-0.15, -0.1) is 0 Å². The average Bonchev–Trinajstić information content (AvgIpc) is 2.82. The number of esters is 1. The van der Waals surface area contributed by atoms with Gasteiger partial charge in [-0.05, 0) is 13.8 Å². The van der Waals surface area contributed by atoms with E-state index in [-0.39, 0.29) is 5.97 Å². The molecule has 1 saturated heterocycles. The molecule has 0 bridgehead atoms. The molecule has 1 aliphatic heterocycles. The van der Waals surface area contributed by atoms with Gasteiger partial charge in [0.25, 0.3) is 0 Å². The van der Waals surface area contributed by atoms with Gasteiger partial charge in [-0.25, -0.2) is 4.98 Å². The van der Waals surface area contributed by atoms with Crippen LogP contribution in [0.3, 0.4) is 0 Å². The number of carbonyl (C=O) groups is 1. The van der Waals surface area contributed by atoms with Crippen molar-refractivity contribution in [2.75, 3.05) is 13.7 Å². The number of oxazole rings is 1. The molecule has 6 nitrogen and oxygen atoms in total. The Hall–Kier alpha value is -1.40. The third-order valence-electron chi connectivity index (χ3n) is 3.27. The molecule has 0 saturated carbocycles. The van der Waals surface area contributed by atoms with Gasteiger partial charge in [0.2, 0.25) is 5.89 Å². The Morgan fingerprint density at radius 2 is 2.33 bits per heavy atom. The Morgan fingerprint density at radius 3 is 2.89 bits per heavy atom. The van der Waals surface area contributed by atoms with Crippen molar-refractivity contribution in [2.24, 2.45) is 0 Å². The Morgan fingerprint density at radius 1 is 1.61 bits per heavy atom. The maximum atomic E-state index is 11.6. The SMILES string of the molecule is COC(=O)C1CC(O)CN1Cc1nc(C)c(C)o1. The maximum absolute atomic E-state index is 11.6. The highest BCUT2D eigenvalue weighted by Crippen LogP contribution is 2.22. The van der Waals surface area contributed by atoms with Gasteiger partial charge in [0, 0.05) is 13.0 Å². The molecular formula is C12H18N2O4. The van der Waals surface area contributed by atoms with Crippen LogP contribution >= 0.6 is 0 Å². The number of likely N-dealkylation sites (tertiary alicyclic amines) is 1. The highest BCUT2D eigenvalue weighted by Gasteiger charge is 2.37. The van der Waals surface area contributed by atoms with Gasteiger partial charge < -0.3 is 14.3 Å². The quantitative estimate of drug-likeness (QED) is 0.787. The lowest BCUT2D eigenvalue weighted by atomic mass is 10.2. The number of carbonyl (C=O) groups excluding carboxylic acids is 1. The average molecular weight is 254 g/mol. The highest BCUT2D eigenvalue weighted by molar-refractivity contribution is 5.76. The zero-order valence-corrected chi connectivity index (χ0v) is 10.8. The van der Waals surface area contributed by atoms with E-state index in [1.165, 1.54) is 7.11 Å². The Kier molecular flexibility index (Phi) is 3.68. The van der Waals surface area contributed by atoms with Gasteiger partial charge in [-0.1, -0.05) is 0 Å². The first-order chi connectivity index (χ1) is 8.51. The van der Waals surface area contributed by atoms with Crippen molar-refractivity contribution in [1.29, 1.82) is 0 Å². The van der Waals surface area contributed by atoms with Crippen molar-refractivity contribution in [3.63, 3.8) is 0 Å². The van der Waals surface area contributed by atoms with E-state index in [9.17, 15) is 9.90 Å². The van der Waals surface area contributed by atoms with Gasteiger partial charge in [-0.3, -0.25) is 9.69 Å². The van der Waals surface area contributed by atoms with E-state index in [2.05, 4.69) is 4.98 Å². The number of hydrogen-bond acceptors (Lipinski definition) is 6. The van der Waals surface area contributed by atoms with E-state index in [0.29, 0.717) is 25.4 Å². The number of β-amino-alcohol motifs (C(OH)–C–C–N with tert-alkyl or cyclic N) is 1. The third-order valence-corrected chi connectivity index (χ3v) is 3.27. The first kappa shape index (κ1) is 13.0. The Balaban J connectivity index is 2.09. The monoisotopic (exact) mass is 254 g/mol. The maximum Gasteiger partial charge on any atom is 0.323 e. The highest BCUT2D eigenvalue weighted by atomic mass is 16.5. The largest absolute Gasteiger partial charge is 0.468 e. The van der Waals surface area contributed by atoms with Gasteiger partial charge >= 0.3 is 5.97 Å². The fourth-order valence-electron chi connectivity index (χ4n) is 2.22. The van der Waals surface area contributed by atoms with Crippen LogP contribution in [0.15, 0.2) is 4.42 Å². The molecule has 1 aromatic heterocycles. The topological polar surface area (TPSA) is 75.8 Å². The number of methoxy groups -OCH3 is 1. The fraction of sp³-hybridized carbons (Fsp3) is 0.667. The molecule has 2 unspecified atom stereocenters. The van der Waals surface area contributed by atoms with E-state index in [0.717, 1.165) is 11.5 Å². The predicted molar refractivity (Wildman–Crippen MR) is 62.8 cm³/mol. The van der Waals surface area contributed by atoms with Crippen LogP contribution < -0.4 is 0 Å². The molecule has 0 aromatic carbocycles. The van der Waals surface area contributed by atoms with Crippen molar-refractivity contribution in [3.8, 4) is 0 Å². The van der Waals surface area contributed by atoms with Gasteiger partial charge in [0.05, 0.1) is 25.5 Å². The lowest BCUT2D eigenvalue weighted by Crippen LogP contribution is -2.36. The molecule has 18 heavy (non-hydrogen) atoms. The number of nitrogens with zero attached hydrogens (tertiary/aromatic N) is 2. The summed E-state index contributed by atoms with van der Waals surface area (Å²) in [6.07, 6.45) is -0.114. The Bertz CT molecular complexity index is 424. The first-order valence-electron chi connectivity index (χ1n) is 5.94. The van der Waals surface area contributed by atoms with Crippen LogP contribution in [-0.4, -0.2) is 46.8 Å². The number of aryl methyl sites for hydroxylation is 2. The summed E-state index contributed by atoms with van der Waals surface area (Å²) in [6.45, 7) is 4.56. The molecule has 1 fully saturated rings. The summed E-state index contributed by atoms with van der Waals surface area (Å²) < 4.78 is 10.2. The molecule has 100 valence electrons. The molecule has 1 aliphatic rings. The fourth-order valence-corrected chi connectivity index (χ4v) is 2.22. The van der Waals surface area contributed by atoms with E-state index in [1.54, 1.807) is 0 Å². The van der Waals surface area contributed by atoms with Crippen LogP contribution in [0.1, 0.15) is 23.8 Å². The number of aliphatic hydroxyl groups excluding tert-OH is 1. The molecular weight excluding hydrogens is 236 g/mol. The second-order valence-corrected chi connectivity index (χ2v) is 4.61. The number of hydrogen-bond donors (Lipinski definition) is 1. The zero-order chi connectivity index (χ0) is 13.3. The minimum Gasteiger partial charge on any atom is -0.468 e. The summed E-state index contributed by atoms with van der Waals surface area (Å²) in [5.41, 5.74) is 0.847. The lowest BCUT2D eigenvalue weighted by molar-refractivity contribution is -0.146. The summed E-state index contributed by atoms with van der Waals surface area (Å²) in [7, 11) is 1.35. The third kappa shape index (κ3) is 2.54. The molecule has 0 spiro atoms. The van der Waals surface area contributed by atoms with Gasteiger partial charge in [-0.2, -0.15) is 0 Å². The van der Waals surface area contributed by atoms with Crippen molar-refractivity contribution in [1.82, 2.24) is 9.88 Å². The number of ether oxygens (including phenoxy) is 1. The molecule has 2 atom stereocenters. The van der Waals surface area contributed by atoms with Crippen LogP contribution in [0.2, 0.25) is 0 Å². The van der Waals surface area contributed by atoms with Crippen molar-refractivity contribution in [2.45, 2.75) is 39.0 Å². The molecule has 2 heterocycles. The molecule has 0 radical (unpaired) electrons. The second kappa shape index (κ2) is 5.07. The minimum atomic E-state index is -0.508.